The average Bonchev–Trinajstić information content (AvgIpc) is 2.45. The molecule has 0 spiro atoms. The molecule has 2 rings (SSSR count). The number of benzene rings is 2. The molecule has 0 radical (unpaired) electrons. The van der Waals surface area contributed by atoms with Crippen LogP contribution in [0, 0.1) is 13.8 Å². The Morgan fingerprint density at radius 1 is 1.15 bits per heavy atom. The summed E-state index contributed by atoms with van der Waals surface area (Å²) < 4.78 is 5.49. The van der Waals surface area contributed by atoms with Crippen LogP contribution in [0.2, 0.25) is 0 Å². The monoisotopic (exact) mass is 271 g/mol. The molecule has 2 aromatic carbocycles. The number of hydrogen-bond acceptors (Lipinski definition) is 3. The van der Waals surface area contributed by atoms with Crippen molar-refractivity contribution in [1.82, 2.24) is 0 Å². The number of phenols is 1. The highest BCUT2D eigenvalue weighted by molar-refractivity contribution is 5.59. The number of aromatic hydroxyl groups is 1. The molecule has 0 bridgehead atoms. The Morgan fingerprint density at radius 2 is 1.95 bits per heavy atom. The first-order chi connectivity index (χ1) is 9.61. The van der Waals surface area contributed by atoms with Crippen LogP contribution in [0.4, 0.5) is 5.69 Å². The van der Waals surface area contributed by atoms with Gasteiger partial charge in [-0.3, -0.25) is 0 Å². The normalized spacial score (nSPS) is 10.3. The molecule has 2 N–H and O–H groups in total. The number of aryl methyl sites for hydroxylation is 1. The van der Waals surface area contributed by atoms with Crippen LogP contribution in [0.5, 0.6) is 11.5 Å². The molecule has 0 unspecified atom stereocenters. The SMILES string of the molecule is CCOc1cccc(CNc2ccc(C)c(O)c2C)c1. The molecule has 0 aliphatic rings. The van der Waals surface area contributed by atoms with Gasteiger partial charge in [-0.1, -0.05) is 18.2 Å². The Kier molecular flexibility index (Phi) is 4.51. The van der Waals surface area contributed by atoms with Gasteiger partial charge in [-0.15, -0.1) is 0 Å². The van der Waals surface area contributed by atoms with Crippen LogP contribution in [-0.4, -0.2) is 11.7 Å². The Hall–Kier alpha value is -2.16. The maximum absolute atomic E-state index is 9.94. The summed E-state index contributed by atoms with van der Waals surface area (Å²) in [4.78, 5) is 0. The maximum atomic E-state index is 9.94. The van der Waals surface area contributed by atoms with Gasteiger partial charge in [0.1, 0.15) is 11.5 Å². The molecule has 0 fully saturated rings. The topological polar surface area (TPSA) is 41.5 Å². The van der Waals surface area contributed by atoms with Crippen molar-refractivity contribution in [3.8, 4) is 11.5 Å². The van der Waals surface area contributed by atoms with Crippen molar-refractivity contribution in [2.75, 3.05) is 11.9 Å². The molecule has 3 nitrogen and oxygen atoms in total. The van der Waals surface area contributed by atoms with Crippen molar-refractivity contribution < 1.29 is 9.84 Å². The second-order valence-corrected chi connectivity index (χ2v) is 4.84. The maximum Gasteiger partial charge on any atom is 0.123 e. The summed E-state index contributed by atoms with van der Waals surface area (Å²) in [6, 6.07) is 11.9. The number of nitrogens with one attached hydrogen (secondary N) is 1. The van der Waals surface area contributed by atoms with Gasteiger partial charge < -0.3 is 15.2 Å². The number of rotatable bonds is 5. The third kappa shape index (κ3) is 3.23. The summed E-state index contributed by atoms with van der Waals surface area (Å²) >= 11 is 0. The highest BCUT2D eigenvalue weighted by Gasteiger charge is 2.06. The van der Waals surface area contributed by atoms with Gasteiger partial charge in [0.25, 0.3) is 0 Å². The van der Waals surface area contributed by atoms with Gasteiger partial charge in [-0.05, 0) is 50.1 Å². The van der Waals surface area contributed by atoms with Crippen molar-refractivity contribution in [1.29, 1.82) is 0 Å². The first kappa shape index (κ1) is 14.3. The van der Waals surface area contributed by atoms with E-state index in [1.165, 1.54) is 0 Å². The van der Waals surface area contributed by atoms with Crippen molar-refractivity contribution in [2.45, 2.75) is 27.3 Å². The van der Waals surface area contributed by atoms with Gasteiger partial charge in [0.05, 0.1) is 6.61 Å². The molecule has 2 aromatic rings. The minimum Gasteiger partial charge on any atom is -0.507 e. The van der Waals surface area contributed by atoms with Gasteiger partial charge in [0.15, 0.2) is 0 Å². The zero-order chi connectivity index (χ0) is 14.5. The fourth-order valence-electron chi connectivity index (χ4n) is 2.14. The largest absolute Gasteiger partial charge is 0.507 e. The molecule has 0 saturated carbocycles. The van der Waals surface area contributed by atoms with E-state index in [2.05, 4.69) is 11.4 Å². The van der Waals surface area contributed by atoms with E-state index >= 15 is 0 Å². The highest BCUT2D eigenvalue weighted by Crippen LogP contribution is 2.28. The number of ether oxygens (including phenoxy) is 1. The molecule has 3 heteroatoms. The fraction of sp³-hybridized carbons (Fsp3) is 0.294. The average molecular weight is 271 g/mol. The zero-order valence-electron chi connectivity index (χ0n) is 12.2. The van der Waals surface area contributed by atoms with Crippen molar-refractivity contribution in [2.24, 2.45) is 0 Å². The number of phenolic OH excluding ortho intramolecular Hbond substituents is 1. The highest BCUT2D eigenvalue weighted by atomic mass is 16.5. The number of hydrogen-bond donors (Lipinski definition) is 2. The minimum absolute atomic E-state index is 0.359. The molecule has 0 aromatic heterocycles. The second-order valence-electron chi connectivity index (χ2n) is 4.84. The van der Waals surface area contributed by atoms with Gasteiger partial charge in [0.2, 0.25) is 0 Å². The smallest absolute Gasteiger partial charge is 0.123 e. The summed E-state index contributed by atoms with van der Waals surface area (Å²) in [5.41, 5.74) is 3.88. The molecule has 0 aliphatic carbocycles. The Labute approximate surface area is 120 Å². The van der Waals surface area contributed by atoms with Crippen LogP contribution >= 0.6 is 0 Å². The molecular formula is C17H21NO2. The third-order valence-corrected chi connectivity index (χ3v) is 3.33. The van der Waals surface area contributed by atoms with Crippen LogP contribution in [0.25, 0.3) is 0 Å². The summed E-state index contributed by atoms with van der Waals surface area (Å²) in [5.74, 6) is 1.24. The number of anilines is 1. The Balaban J connectivity index is 2.09. The fourth-order valence-corrected chi connectivity index (χ4v) is 2.14. The zero-order valence-corrected chi connectivity index (χ0v) is 12.2. The van der Waals surface area contributed by atoms with E-state index in [-0.39, 0.29) is 0 Å². The van der Waals surface area contributed by atoms with E-state index in [9.17, 15) is 5.11 Å². The van der Waals surface area contributed by atoms with Crippen LogP contribution in [0.15, 0.2) is 36.4 Å². The lowest BCUT2D eigenvalue weighted by atomic mass is 10.1. The van der Waals surface area contributed by atoms with Gasteiger partial charge in [0, 0.05) is 17.8 Å². The predicted octanol–water partition coefficient (Wildman–Crippen LogP) is 4.02. The molecule has 106 valence electrons. The Morgan fingerprint density at radius 3 is 2.70 bits per heavy atom. The van der Waals surface area contributed by atoms with E-state index in [4.69, 9.17) is 4.74 Å². The van der Waals surface area contributed by atoms with Gasteiger partial charge >= 0.3 is 0 Å². The van der Waals surface area contributed by atoms with E-state index in [0.717, 1.165) is 28.1 Å². The standard InChI is InChI=1S/C17H21NO2/c1-4-20-15-7-5-6-14(10-15)11-18-16-9-8-12(2)17(19)13(16)3/h5-10,18-19H,4,11H2,1-3H3. The third-order valence-electron chi connectivity index (χ3n) is 3.33. The van der Waals surface area contributed by atoms with Crippen LogP contribution in [0.3, 0.4) is 0 Å². The Bertz CT molecular complexity index is 594. The van der Waals surface area contributed by atoms with Crippen LogP contribution in [0.1, 0.15) is 23.6 Å². The minimum atomic E-state index is 0.359. The van der Waals surface area contributed by atoms with Crippen molar-refractivity contribution >= 4 is 5.69 Å². The first-order valence-corrected chi connectivity index (χ1v) is 6.86. The van der Waals surface area contributed by atoms with E-state index < -0.39 is 0 Å². The van der Waals surface area contributed by atoms with E-state index in [0.29, 0.717) is 18.9 Å². The molecule has 20 heavy (non-hydrogen) atoms. The van der Waals surface area contributed by atoms with Crippen molar-refractivity contribution in [3.05, 3.63) is 53.1 Å². The summed E-state index contributed by atoms with van der Waals surface area (Å²) in [6.07, 6.45) is 0. The molecule has 0 amide bonds. The lowest BCUT2D eigenvalue weighted by molar-refractivity contribution is 0.340. The van der Waals surface area contributed by atoms with Crippen LogP contribution < -0.4 is 10.1 Å². The molecule has 0 saturated heterocycles. The summed E-state index contributed by atoms with van der Waals surface area (Å²) in [5, 5.41) is 13.3. The van der Waals surface area contributed by atoms with E-state index in [1.54, 1.807) is 0 Å². The lowest BCUT2D eigenvalue weighted by Crippen LogP contribution is -2.02. The molecule has 0 heterocycles. The molecule has 0 atom stereocenters. The van der Waals surface area contributed by atoms with Gasteiger partial charge in [-0.25, -0.2) is 0 Å². The molecular weight excluding hydrogens is 250 g/mol. The predicted molar refractivity (Wildman–Crippen MR) is 82.5 cm³/mol. The summed E-state index contributed by atoms with van der Waals surface area (Å²) in [7, 11) is 0. The van der Waals surface area contributed by atoms with Gasteiger partial charge in [-0.2, -0.15) is 0 Å². The quantitative estimate of drug-likeness (QED) is 0.863. The van der Waals surface area contributed by atoms with E-state index in [1.807, 2.05) is 51.1 Å². The van der Waals surface area contributed by atoms with Crippen LogP contribution in [-0.2, 0) is 6.54 Å². The summed E-state index contributed by atoms with van der Waals surface area (Å²) in [6.45, 7) is 7.16. The first-order valence-electron chi connectivity index (χ1n) is 6.86. The second kappa shape index (κ2) is 6.33. The van der Waals surface area contributed by atoms with Crippen molar-refractivity contribution in [3.63, 3.8) is 0 Å². The lowest BCUT2D eigenvalue weighted by Gasteiger charge is -2.13. The molecule has 0 aliphatic heterocycles.